The van der Waals surface area contributed by atoms with Gasteiger partial charge in [-0.2, -0.15) is 13.2 Å². The van der Waals surface area contributed by atoms with E-state index in [0.29, 0.717) is 12.3 Å². The standard InChI is InChI=1S/C9H12F3N3OS/c1-2-13-8-14-6(9(10,11)12)5-7(15-8)17-4-3-16/h5,16H,2-4H2,1H3,(H,13,14,15). The molecule has 0 atom stereocenters. The maximum absolute atomic E-state index is 12.5. The van der Waals surface area contributed by atoms with Crippen molar-refractivity contribution in [3.8, 4) is 0 Å². The van der Waals surface area contributed by atoms with Crippen molar-refractivity contribution in [1.82, 2.24) is 9.97 Å². The van der Waals surface area contributed by atoms with E-state index in [1.165, 1.54) is 0 Å². The highest BCUT2D eigenvalue weighted by molar-refractivity contribution is 7.99. The summed E-state index contributed by atoms with van der Waals surface area (Å²) in [7, 11) is 0. The van der Waals surface area contributed by atoms with Gasteiger partial charge in [0.05, 0.1) is 6.61 Å². The molecule has 1 aromatic heterocycles. The molecule has 96 valence electrons. The van der Waals surface area contributed by atoms with Crippen LogP contribution >= 0.6 is 11.8 Å². The number of alkyl halides is 3. The van der Waals surface area contributed by atoms with E-state index in [1.807, 2.05) is 0 Å². The molecule has 0 amide bonds. The maximum atomic E-state index is 12.5. The molecule has 0 radical (unpaired) electrons. The Kier molecular flexibility index (Phi) is 5.01. The Hall–Kier alpha value is -1.02. The molecule has 17 heavy (non-hydrogen) atoms. The van der Waals surface area contributed by atoms with Crippen molar-refractivity contribution < 1.29 is 18.3 Å². The number of thioether (sulfide) groups is 1. The number of hydrogen-bond acceptors (Lipinski definition) is 5. The van der Waals surface area contributed by atoms with Crippen LogP contribution in [-0.2, 0) is 6.18 Å². The number of aliphatic hydroxyl groups is 1. The maximum Gasteiger partial charge on any atom is 0.433 e. The molecule has 1 heterocycles. The molecule has 0 unspecified atom stereocenters. The number of anilines is 1. The predicted octanol–water partition coefficient (Wildman–Crippen LogP) is 2.01. The van der Waals surface area contributed by atoms with Gasteiger partial charge in [0.1, 0.15) is 5.03 Å². The van der Waals surface area contributed by atoms with E-state index in [1.54, 1.807) is 6.92 Å². The van der Waals surface area contributed by atoms with Gasteiger partial charge in [-0.3, -0.25) is 0 Å². The normalized spacial score (nSPS) is 11.6. The zero-order valence-electron chi connectivity index (χ0n) is 9.08. The predicted molar refractivity (Wildman–Crippen MR) is 59.0 cm³/mol. The molecule has 0 bridgehead atoms. The van der Waals surface area contributed by atoms with Crippen LogP contribution < -0.4 is 5.32 Å². The SMILES string of the molecule is CCNc1nc(SCCO)cc(C(F)(F)F)n1. The third kappa shape index (κ3) is 4.39. The number of hydrogen-bond donors (Lipinski definition) is 2. The fraction of sp³-hybridized carbons (Fsp3) is 0.556. The van der Waals surface area contributed by atoms with Crippen molar-refractivity contribution in [2.24, 2.45) is 0 Å². The van der Waals surface area contributed by atoms with Crippen LogP contribution in [0, 0.1) is 0 Å². The lowest BCUT2D eigenvalue weighted by Gasteiger charge is -2.10. The second-order valence-electron chi connectivity index (χ2n) is 3.02. The monoisotopic (exact) mass is 267 g/mol. The third-order valence-corrected chi connectivity index (χ3v) is 2.56. The van der Waals surface area contributed by atoms with Crippen molar-refractivity contribution in [1.29, 1.82) is 0 Å². The quantitative estimate of drug-likeness (QED) is 0.631. The van der Waals surface area contributed by atoms with Gasteiger partial charge in [-0.1, -0.05) is 0 Å². The van der Waals surface area contributed by atoms with E-state index in [-0.39, 0.29) is 17.6 Å². The molecule has 2 N–H and O–H groups in total. The fourth-order valence-electron chi connectivity index (χ4n) is 1.03. The summed E-state index contributed by atoms with van der Waals surface area (Å²) < 4.78 is 37.6. The number of nitrogens with one attached hydrogen (secondary N) is 1. The largest absolute Gasteiger partial charge is 0.433 e. The van der Waals surface area contributed by atoms with Gasteiger partial charge in [-0.25, -0.2) is 9.97 Å². The average molecular weight is 267 g/mol. The number of aliphatic hydroxyl groups excluding tert-OH is 1. The Labute approximate surface area is 101 Å². The second kappa shape index (κ2) is 6.06. The van der Waals surface area contributed by atoms with Crippen LogP contribution in [-0.4, -0.2) is 34.0 Å². The van der Waals surface area contributed by atoms with Crippen LogP contribution in [0.2, 0.25) is 0 Å². The lowest BCUT2D eigenvalue weighted by Crippen LogP contribution is -2.12. The van der Waals surface area contributed by atoms with E-state index < -0.39 is 11.9 Å². The van der Waals surface area contributed by atoms with E-state index in [9.17, 15) is 13.2 Å². The summed E-state index contributed by atoms with van der Waals surface area (Å²) in [6, 6.07) is 0.876. The third-order valence-electron chi connectivity index (χ3n) is 1.67. The highest BCUT2D eigenvalue weighted by atomic mass is 32.2. The molecular formula is C9H12F3N3OS. The Morgan fingerprint density at radius 1 is 1.41 bits per heavy atom. The first-order valence-corrected chi connectivity index (χ1v) is 5.89. The molecule has 0 aromatic carbocycles. The number of nitrogens with zero attached hydrogens (tertiary/aromatic N) is 2. The topological polar surface area (TPSA) is 58.0 Å². The van der Waals surface area contributed by atoms with E-state index in [4.69, 9.17) is 5.11 Å². The van der Waals surface area contributed by atoms with Crippen molar-refractivity contribution in [2.45, 2.75) is 18.1 Å². The van der Waals surface area contributed by atoms with Gasteiger partial charge >= 0.3 is 6.18 Å². The minimum Gasteiger partial charge on any atom is -0.396 e. The van der Waals surface area contributed by atoms with Gasteiger partial charge in [0, 0.05) is 18.4 Å². The van der Waals surface area contributed by atoms with Crippen LogP contribution in [0.1, 0.15) is 12.6 Å². The van der Waals surface area contributed by atoms with Crippen LogP contribution in [0.5, 0.6) is 0 Å². The molecule has 1 aromatic rings. The summed E-state index contributed by atoms with van der Waals surface area (Å²) in [4.78, 5) is 7.28. The molecule has 0 fully saturated rings. The second-order valence-corrected chi connectivity index (χ2v) is 4.13. The summed E-state index contributed by atoms with van der Waals surface area (Å²) in [5.41, 5.74) is -0.983. The van der Waals surface area contributed by atoms with Gasteiger partial charge < -0.3 is 10.4 Å². The molecule has 0 saturated carbocycles. The lowest BCUT2D eigenvalue weighted by atomic mass is 10.4. The summed E-state index contributed by atoms with van der Waals surface area (Å²) in [6.07, 6.45) is -4.50. The van der Waals surface area contributed by atoms with Crippen LogP contribution in [0.4, 0.5) is 19.1 Å². The summed E-state index contributed by atoms with van der Waals surface area (Å²) >= 11 is 1.05. The fourth-order valence-corrected chi connectivity index (χ4v) is 1.68. The Morgan fingerprint density at radius 2 is 2.12 bits per heavy atom. The molecule has 8 heteroatoms. The summed E-state index contributed by atoms with van der Waals surface area (Å²) in [5, 5.41) is 11.5. The average Bonchev–Trinajstić information content (AvgIpc) is 2.25. The summed E-state index contributed by atoms with van der Waals surface area (Å²) in [6.45, 7) is 2.06. The van der Waals surface area contributed by atoms with Crippen LogP contribution in [0.25, 0.3) is 0 Å². The Balaban J connectivity index is 3.01. The van der Waals surface area contributed by atoms with Gasteiger partial charge in [-0.15, -0.1) is 11.8 Å². The smallest absolute Gasteiger partial charge is 0.396 e. The number of rotatable bonds is 5. The molecule has 0 saturated heterocycles. The first-order valence-electron chi connectivity index (χ1n) is 4.91. The highest BCUT2D eigenvalue weighted by Gasteiger charge is 2.33. The van der Waals surface area contributed by atoms with Crippen LogP contribution in [0.15, 0.2) is 11.1 Å². The first kappa shape index (κ1) is 14.0. The van der Waals surface area contributed by atoms with E-state index in [2.05, 4.69) is 15.3 Å². The van der Waals surface area contributed by atoms with Gasteiger partial charge in [0.2, 0.25) is 5.95 Å². The molecule has 0 spiro atoms. The van der Waals surface area contributed by atoms with E-state index >= 15 is 0 Å². The first-order chi connectivity index (χ1) is 7.97. The zero-order chi connectivity index (χ0) is 12.9. The van der Waals surface area contributed by atoms with Crippen LogP contribution in [0.3, 0.4) is 0 Å². The Bertz CT molecular complexity index is 373. The molecule has 4 nitrogen and oxygen atoms in total. The molecule has 0 aliphatic heterocycles. The van der Waals surface area contributed by atoms with Crippen molar-refractivity contribution in [3.05, 3.63) is 11.8 Å². The van der Waals surface area contributed by atoms with Crippen molar-refractivity contribution >= 4 is 17.7 Å². The van der Waals surface area contributed by atoms with Gasteiger partial charge in [0.25, 0.3) is 0 Å². The minimum atomic E-state index is -4.50. The van der Waals surface area contributed by atoms with Gasteiger partial charge in [-0.05, 0) is 6.92 Å². The van der Waals surface area contributed by atoms with E-state index in [0.717, 1.165) is 17.8 Å². The molecule has 0 aliphatic rings. The summed E-state index contributed by atoms with van der Waals surface area (Å²) in [5.74, 6) is 0.239. The number of aromatic nitrogens is 2. The number of halogens is 3. The minimum absolute atomic E-state index is 0.0530. The molecular weight excluding hydrogens is 255 g/mol. The highest BCUT2D eigenvalue weighted by Crippen LogP contribution is 2.30. The molecule has 0 aliphatic carbocycles. The van der Waals surface area contributed by atoms with Crippen molar-refractivity contribution in [3.63, 3.8) is 0 Å². The zero-order valence-corrected chi connectivity index (χ0v) is 9.90. The molecule has 1 rings (SSSR count). The van der Waals surface area contributed by atoms with Crippen molar-refractivity contribution in [2.75, 3.05) is 24.2 Å². The lowest BCUT2D eigenvalue weighted by molar-refractivity contribution is -0.141. The Morgan fingerprint density at radius 3 is 2.65 bits per heavy atom. The van der Waals surface area contributed by atoms with Gasteiger partial charge in [0.15, 0.2) is 5.69 Å².